The lowest BCUT2D eigenvalue weighted by Gasteiger charge is -2.32. The zero-order valence-corrected chi connectivity index (χ0v) is 10.6. The number of hydrogen-bond acceptors (Lipinski definition) is 1. The van der Waals surface area contributed by atoms with E-state index in [0.717, 1.165) is 13.8 Å². The van der Waals surface area contributed by atoms with Gasteiger partial charge in [-0.15, -0.1) is 0 Å². The molecule has 1 aromatic rings. The Bertz CT molecular complexity index is 436. The average Bonchev–Trinajstić information content (AvgIpc) is 2.12. The molecule has 0 saturated carbocycles. The third kappa shape index (κ3) is 2.58. The Hall–Kier alpha value is -0.740. The van der Waals surface area contributed by atoms with Crippen molar-refractivity contribution in [1.29, 1.82) is 5.41 Å². The number of alkyl halides is 3. The van der Waals surface area contributed by atoms with Gasteiger partial charge in [-0.1, -0.05) is 23.2 Å². The van der Waals surface area contributed by atoms with Crippen molar-refractivity contribution < 1.29 is 13.2 Å². The van der Waals surface area contributed by atoms with Crippen molar-refractivity contribution in [2.75, 3.05) is 0 Å². The van der Waals surface area contributed by atoms with Gasteiger partial charge in [0, 0.05) is 15.8 Å². The Morgan fingerprint density at radius 2 is 1.53 bits per heavy atom. The van der Waals surface area contributed by atoms with Crippen LogP contribution in [0.5, 0.6) is 0 Å². The lowest BCUT2D eigenvalue weighted by molar-refractivity contribution is -0.165. The molecule has 1 aromatic carbocycles. The molecule has 0 fully saturated rings. The fourth-order valence-electron chi connectivity index (χ4n) is 1.44. The van der Waals surface area contributed by atoms with Crippen LogP contribution in [0.2, 0.25) is 10.0 Å². The lowest BCUT2D eigenvalue weighted by Crippen LogP contribution is -2.45. The summed E-state index contributed by atoms with van der Waals surface area (Å²) in [6, 6.07) is 3.71. The Morgan fingerprint density at radius 3 is 1.82 bits per heavy atom. The number of benzene rings is 1. The largest absolute Gasteiger partial charge is 0.403 e. The normalized spacial score (nSPS) is 15.5. The maximum Gasteiger partial charge on any atom is 0.403 e. The van der Waals surface area contributed by atoms with Crippen molar-refractivity contribution in [3.63, 3.8) is 0 Å². The van der Waals surface area contributed by atoms with Gasteiger partial charge in [-0.2, -0.15) is 13.2 Å². The molecule has 1 atom stereocenters. The van der Waals surface area contributed by atoms with E-state index in [1.165, 1.54) is 18.2 Å². The molecule has 0 aliphatic heterocycles. The molecule has 1 rings (SSSR count). The van der Waals surface area contributed by atoms with Gasteiger partial charge in [0.2, 0.25) is 0 Å². The second kappa shape index (κ2) is 4.50. The van der Waals surface area contributed by atoms with Crippen LogP contribution in [0.1, 0.15) is 19.4 Å². The van der Waals surface area contributed by atoms with Crippen LogP contribution in [0.25, 0.3) is 0 Å². The maximum atomic E-state index is 13.1. The van der Waals surface area contributed by atoms with Gasteiger partial charge in [-0.25, -0.2) is 0 Å². The van der Waals surface area contributed by atoms with E-state index in [0.29, 0.717) is 0 Å². The van der Waals surface area contributed by atoms with Crippen LogP contribution >= 0.6 is 23.2 Å². The van der Waals surface area contributed by atoms with Crippen molar-refractivity contribution in [2.24, 2.45) is 0 Å². The molecule has 0 spiro atoms. The van der Waals surface area contributed by atoms with Crippen molar-refractivity contribution in [3.05, 3.63) is 33.8 Å². The zero-order chi connectivity index (χ0) is 13.4. The number of hydrogen-bond donors (Lipinski definition) is 1. The van der Waals surface area contributed by atoms with Gasteiger partial charge < -0.3 is 5.41 Å². The molecule has 0 heterocycles. The standard InChI is InChI=1S/C11H10Cl2F3N/c1-6(17)10(2,11(14,15)16)7-3-8(12)5-9(13)4-7/h3-5,17H,1-2H3. The number of halogens is 5. The van der Waals surface area contributed by atoms with Crippen LogP contribution in [0, 0.1) is 5.41 Å². The quantitative estimate of drug-likeness (QED) is 0.750. The summed E-state index contributed by atoms with van der Waals surface area (Å²) >= 11 is 11.4. The molecule has 0 amide bonds. The van der Waals surface area contributed by atoms with Crippen molar-refractivity contribution in [3.8, 4) is 0 Å². The summed E-state index contributed by atoms with van der Waals surface area (Å²) < 4.78 is 39.2. The first-order valence-corrected chi connectivity index (χ1v) is 5.43. The summed E-state index contributed by atoms with van der Waals surface area (Å²) in [7, 11) is 0. The Kier molecular flexibility index (Phi) is 3.79. The fraction of sp³-hybridized carbons (Fsp3) is 0.364. The van der Waals surface area contributed by atoms with E-state index in [1.807, 2.05) is 0 Å². The van der Waals surface area contributed by atoms with E-state index in [1.54, 1.807) is 0 Å². The van der Waals surface area contributed by atoms with Gasteiger partial charge in [-0.3, -0.25) is 0 Å². The molecule has 17 heavy (non-hydrogen) atoms. The molecule has 0 radical (unpaired) electrons. The number of nitrogens with one attached hydrogen (secondary N) is 1. The third-order valence-corrected chi connectivity index (χ3v) is 3.19. The van der Waals surface area contributed by atoms with Gasteiger partial charge in [-0.05, 0) is 37.6 Å². The molecular weight excluding hydrogens is 274 g/mol. The van der Waals surface area contributed by atoms with Crippen LogP contribution in [-0.4, -0.2) is 11.9 Å². The fourth-order valence-corrected chi connectivity index (χ4v) is 1.96. The summed E-state index contributed by atoms with van der Waals surface area (Å²) in [4.78, 5) is 0. The minimum Gasteiger partial charge on any atom is -0.309 e. The SMILES string of the molecule is CC(=N)C(C)(c1cc(Cl)cc(Cl)c1)C(F)(F)F. The Labute approximate surface area is 107 Å². The molecule has 1 N–H and O–H groups in total. The van der Waals surface area contributed by atoms with Gasteiger partial charge in [0.15, 0.2) is 0 Å². The predicted molar refractivity (Wildman–Crippen MR) is 63.3 cm³/mol. The molecule has 0 saturated heterocycles. The summed E-state index contributed by atoms with van der Waals surface area (Å²) in [5, 5.41) is 7.61. The summed E-state index contributed by atoms with van der Waals surface area (Å²) in [6.07, 6.45) is -4.58. The molecular formula is C11H10Cl2F3N. The zero-order valence-electron chi connectivity index (χ0n) is 9.12. The summed E-state index contributed by atoms with van der Waals surface area (Å²) in [5.74, 6) is 0. The predicted octanol–water partition coefficient (Wildman–Crippen LogP) is 4.85. The summed E-state index contributed by atoms with van der Waals surface area (Å²) in [5.41, 5.74) is -3.01. The van der Waals surface area contributed by atoms with Crippen LogP contribution < -0.4 is 0 Å². The first-order chi connectivity index (χ1) is 7.59. The molecule has 1 nitrogen and oxygen atoms in total. The molecule has 6 heteroatoms. The molecule has 0 aromatic heterocycles. The second-order valence-electron chi connectivity index (χ2n) is 3.91. The van der Waals surface area contributed by atoms with Gasteiger partial charge in [0.05, 0.1) is 0 Å². The first kappa shape index (κ1) is 14.3. The molecule has 1 unspecified atom stereocenters. The second-order valence-corrected chi connectivity index (χ2v) is 4.78. The van der Waals surface area contributed by atoms with Crippen LogP contribution in [0.15, 0.2) is 18.2 Å². The van der Waals surface area contributed by atoms with E-state index in [2.05, 4.69) is 0 Å². The highest BCUT2D eigenvalue weighted by Gasteiger charge is 2.54. The van der Waals surface area contributed by atoms with Gasteiger partial charge in [0.1, 0.15) is 5.41 Å². The number of rotatable bonds is 2. The third-order valence-electron chi connectivity index (χ3n) is 2.76. The average molecular weight is 284 g/mol. The topological polar surface area (TPSA) is 23.9 Å². The van der Waals surface area contributed by atoms with Gasteiger partial charge >= 0.3 is 6.18 Å². The van der Waals surface area contributed by atoms with Crippen molar-refractivity contribution in [2.45, 2.75) is 25.4 Å². The monoisotopic (exact) mass is 283 g/mol. The van der Waals surface area contributed by atoms with Crippen molar-refractivity contribution >= 4 is 28.9 Å². The van der Waals surface area contributed by atoms with E-state index >= 15 is 0 Å². The van der Waals surface area contributed by atoms with E-state index in [4.69, 9.17) is 28.6 Å². The highest BCUT2D eigenvalue weighted by Crippen LogP contribution is 2.43. The van der Waals surface area contributed by atoms with E-state index in [-0.39, 0.29) is 15.6 Å². The summed E-state index contributed by atoms with van der Waals surface area (Å²) in [6.45, 7) is 2.06. The minimum absolute atomic E-state index is 0.115. The van der Waals surface area contributed by atoms with Crippen LogP contribution in [0.4, 0.5) is 13.2 Å². The smallest absolute Gasteiger partial charge is 0.309 e. The molecule has 94 valence electrons. The lowest BCUT2D eigenvalue weighted by atomic mass is 9.78. The molecule has 0 bridgehead atoms. The van der Waals surface area contributed by atoms with Crippen molar-refractivity contribution in [1.82, 2.24) is 0 Å². The maximum absolute atomic E-state index is 13.1. The van der Waals surface area contributed by atoms with Crippen LogP contribution in [0.3, 0.4) is 0 Å². The molecule has 0 aliphatic carbocycles. The van der Waals surface area contributed by atoms with E-state index in [9.17, 15) is 13.2 Å². The Morgan fingerprint density at radius 1 is 1.12 bits per heavy atom. The first-order valence-electron chi connectivity index (χ1n) is 4.68. The minimum atomic E-state index is -4.58. The highest BCUT2D eigenvalue weighted by atomic mass is 35.5. The van der Waals surface area contributed by atoms with Crippen LogP contribution in [-0.2, 0) is 5.41 Å². The Balaban J connectivity index is 3.49. The molecule has 0 aliphatic rings. The highest BCUT2D eigenvalue weighted by molar-refractivity contribution is 6.34. The van der Waals surface area contributed by atoms with Gasteiger partial charge in [0.25, 0.3) is 0 Å². The van der Waals surface area contributed by atoms with E-state index < -0.39 is 17.3 Å².